The van der Waals surface area contributed by atoms with E-state index in [0.717, 1.165) is 22.3 Å². The van der Waals surface area contributed by atoms with E-state index in [0.29, 0.717) is 12.0 Å². The zero-order valence-corrected chi connectivity index (χ0v) is 27.2. The Balaban J connectivity index is 1.44. The number of rotatable bonds is 14. The minimum atomic E-state index is -1.08. The Labute approximate surface area is 279 Å². The smallest absolute Gasteiger partial charge is 0.407 e. The van der Waals surface area contributed by atoms with Crippen molar-refractivity contribution in [3.8, 4) is 11.1 Å². The fourth-order valence-corrected chi connectivity index (χ4v) is 5.72. The summed E-state index contributed by atoms with van der Waals surface area (Å²) in [6.07, 6.45) is -0.367. The van der Waals surface area contributed by atoms with E-state index < -0.39 is 41.9 Å². The first-order valence-electron chi connectivity index (χ1n) is 15.8. The van der Waals surface area contributed by atoms with Crippen LogP contribution in [0.1, 0.15) is 59.7 Å². The lowest BCUT2D eigenvalue weighted by Gasteiger charge is -2.25. The van der Waals surface area contributed by atoms with Crippen molar-refractivity contribution < 1.29 is 33.8 Å². The van der Waals surface area contributed by atoms with Crippen LogP contribution in [0.15, 0.2) is 66.7 Å². The molecule has 0 fully saturated rings. The summed E-state index contributed by atoms with van der Waals surface area (Å²) in [4.78, 5) is 63.5. The van der Waals surface area contributed by atoms with Gasteiger partial charge < -0.3 is 42.2 Å². The van der Waals surface area contributed by atoms with Crippen molar-refractivity contribution in [2.45, 2.75) is 51.3 Å². The molecule has 1 aliphatic carbocycles. The van der Waals surface area contributed by atoms with Gasteiger partial charge in [0.1, 0.15) is 18.7 Å². The maximum Gasteiger partial charge on any atom is 0.407 e. The van der Waals surface area contributed by atoms with E-state index in [9.17, 15) is 29.1 Å². The van der Waals surface area contributed by atoms with Gasteiger partial charge in [-0.15, -0.1) is 0 Å². The Bertz CT molecular complexity index is 1610. The molecule has 4 rings (SSSR count). The van der Waals surface area contributed by atoms with Crippen LogP contribution in [-0.4, -0.2) is 67.2 Å². The monoisotopic (exact) mass is 658 g/mol. The summed E-state index contributed by atoms with van der Waals surface area (Å²) in [5.41, 5.74) is 10.3. The normalized spacial score (nSPS) is 13.0. The number of nitrogens with one attached hydrogen (secondary N) is 5. The summed E-state index contributed by atoms with van der Waals surface area (Å²) in [6.45, 7) is 3.35. The molecular weight excluding hydrogens is 616 g/mol. The molecule has 3 aromatic carbocycles. The number of anilines is 1. The van der Waals surface area contributed by atoms with Crippen LogP contribution >= 0.6 is 0 Å². The first-order chi connectivity index (χ1) is 23.0. The summed E-state index contributed by atoms with van der Waals surface area (Å²) < 4.78 is 5.65. The minimum Gasteiger partial charge on any atom is -0.449 e. The van der Waals surface area contributed by atoms with Crippen LogP contribution < -0.4 is 32.3 Å². The highest BCUT2D eigenvalue weighted by atomic mass is 16.5. The number of hydrogen-bond acceptors (Lipinski definition) is 7. The molecule has 13 heteroatoms. The van der Waals surface area contributed by atoms with Crippen LogP contribution in [0.3, 0.4) is 0 Å². The van der Waals surface area contributed by atoms with Gasteiger partial charge in [0.15, 0.2) is 0 Å². The molecule has 6 amide bonds. The van der Waals surface area contributed by atoms with E-state index in [2.05, 4.69) is 26.6 Å². The molecule has 0 aromatic heterocycles. The first kappa shape index (κ1) is 35.4. The molecule has 13 nitrogen and oxygen atoms in total. The fraction of sp³-hybridized carbons (Fsp3) is 0.343. The zero-order valence-electron chi connectivity index (χ0n) is 27.2. The molecule has 0 saturated carbocycles. The molecule has 1 aliphatic rings. The molecule has 8 N–H and O–H groups in total. The highest BCUT2D eigenvalue weighted by Crippen LogP contribution is 2.44. The Morgan fingerprint density at radius 3 is 2.12 bits per heavy atom. The average Bonchev–Trinajstić information content (AvgIpc) is 3.40. The molecule has 48 heavy (non-hydrogen) atoms. The molecule has 0 bridgehead atoms. The van der Waals surface area contributed by atoms with Crippen LogP contribution in [0.2, 0.25) is 0 Å². The van der Waals surface area contributed by atoms with Crippen LogP contribution in [0.25, 0.3) is 11.1 Å². The van der Waals surface area contributed by atoms with Crippen LogP contribution in [0, 0.1) is 5.92 Å². The number of carbonyl (C=O) groups is 5. The third kappa shape index (κ3) is 8.68. The quantitative estimate of drug-likeness (QED) is 0.129. The molecular formula is C35H42N6O7. The van der Waals surface area contributed by atoms with Gasteiger partial charge >= 0.3 is 12.1 Å². The third-order valence-electron chi connectivity index (χ3n) is 8.19. The van der Waals surface area contributed by atoms with Crippen LogP contribution in [-0.2, 0) is 20.9 Å². The van der Waals surface area contributed by atoms with E-state index in [1.54, 1.807) is 13.8 Å². The lowest BCUT2D eigenvalue weighted by molar-refractivity contribution is -0.128. The number of ether oxygens (including phenoxy) is 1. The summed E-state index contributed by atoms with van der Waals surface area (Å²) >= 11 is 0. The predicted molar refractivity (Wildman–Crippen MR) is 180 cm³/mol. The molecule has 0 radical (unpaired) electrons. The van der Waals surface area contributed by atoms with E-state index in [1.807, 2.05) is 48.5 Å². The highest BCUT2D eigenvalue weighted by molar-refractivity contribution is 6.01. The average molecular weight is 659 g/mol. The van der Waals surface area contributed by atoms with Crippen LogP contribution in [0.5, 0.6) is 0 Å². The summed E-state index contributed by atoms with van der Waals surface area (Å²) in [5.74, 6) is -2.18. The number of fused-ring (bicyclic) bond motifs is 3. The number of carbonyl (C=O) groups excluding carboxylic acids is 5. The Morgan fingerprint density at radius 2 is 1.54 bits per heavy atom. The number of amides is 6. The molecule has 254 valence electrons. The second-order valence-electron chi connectivity index (χ2n) is 11.8. The lowest BCUT2D eigenvalue weighted by atomic mass is 9.98. The van der Waals surface area contributed by atoms with Crippen molar-refractivity contribution in [3.05, 3.63) is 89.0 Å². The number of alkyl carbamates (subject to hydrolysis) is 1. The van der Waals surface area contributed by atoms with E-state index in [-0.39, 0.29) is 49.3 Å². The Kier molecular flexibility index (Phi) is 12.1. The van der Waals surface area contributed by atoms with Crippen molar-refractivity contribution in [1.82, 2.24) is 21.3 Å². The van der Waals surface area contributed by atoms with Crippen LogP contribution in [0.4, 0.5) is 15.3 Å². The van der Waals surface area contributed by atoms with Gasteiger partial charge in [0, 0.05) is 30.8 Å². The summed E-state index contributed by atoms with van der Waals surface area (Å²) in [7, 11) is 1.45. The van der Waals surface area contributed by atoms with Crippen molar-refractivity contribution in [2.75, 3.05) is 25.5 Å². The van der Waals surface area contributed by atoms with Gasteiger partial charge in [0.05, 0.1) is 6.61 Å². The van der Waals surface area contributed by atoms with E-state index in [4.69, 9.17) is 10.5 Å². The Morgan fingerprint density at radius 1 is 0.896 bits per heavy atom. The SMILES string of the molecule is CNC(=O)c1cc(NC(=O)[C@H](CCCNC(N)=O)NC(=O)[C@@H](NC(=O)OCC2c3ccccc3-c3ccccc32)C(C)C)ccc1CO. The first-order valence-corrected chi connectivity index (χ1v) is 15.8. The number of aliphatic hydroxyl groups excluding tert-OH is 1. The van der Waals surface area contributed by atoms with E-state index >= 15 is 0 Å². The number of primary amides is 1. The van der Waals surface area contributed by atoms with Gasteiger partial charge in [-0.2, -0.15) is 0 Å². The maximum atomic E-state index is 13.6. The number of nitrogens with two attached hydrogens (primary N) is 1. The molecule has 0 spiro atoms. The molecule has 0 unspecified atom stereocenters. The third-order valence-corrected chi connectivity index (χ3v) is 8.19. The van der Waals surface area contributed by atoms with Crippen molar-refractivity contribution in [3.63, 3.8) is 0 Å². The number of benzene rings is 3. The zero-order chi connectivity index (χ0) is 34.8. The predicted octanol–water partition coefficient (Wildman–Crippen LogP) is 2.97. The second-order valence-corrected chi connectivity index (χ2v) is 11.8. The number of hydrogen-bond donors (Lipinski definition) is 7. The number of urea groups is 1. The highest BCUT2D eigenvalue weighted by Gasteiger charge is 2.32. The Hall–Kier alpha value is -5.43. The second kappa shape index (κ2) is 16.4. The van der Waals surface area contributed by atoms with Gasteiger partial charge in [0.25, 0.3) is 5.91 Å². The molecule has 3 aromatic rings. The topological polar surface area (TPSA) is 201 Å². The van der Waals surface area contributed by atoms with E-state index in [1.165, 1.54) is 25.2 Å². The maximum absolute atomic E-state index is 13.6. The molecule has 0 aliphatic heterocycles. The van der Waals surface area contributed by atoms with Crippen molar-refractivity contribution >= 4 is 35.5 Å². The van der Waals surface area contributed by atoms with Gasteiger partial charge in [-0.25, -0.2) is 9.59 Å². The van der Waals surface area contributed by atoms with Gasteiger partial charge in [-0.05, 0) is 58.7 Å². The molecule has 2 atom stereocenters. The minimum absolute atomic E-state index is 0.0668. The molecule has 0 heterocycles. The standard InChI is InChI=1S/C35H42N6O7/c1-20(2)30(41-35(47)48-19-28-25-11-6-4-9-23(25)24-10-5-7-12-26(24)28)33(45)40-29(13-8-16-38-34(36)46)32(44)39-22-15-14-21(18-42)27(17-22)31(43)37-3/h4-7,9-12,14-15,17,20,28-30,42H,8,13,16,18-19H2,1-3H3,(H,37,43)(H,39,44)(H,40,45)(H,41,47)(H3,36,38,46)/t29-,30-/m0/s1. The number of aliphatic hydroxyl groups is 1. The lowest BCUT2D eigenvalue weighted by Crippen LogP contribution is -2.54. The fourth-order valence-electron chi connectivity index (χ4n) is 5.72. The van der Waals surface area contributed by atoms with Gasteiger partial charge in [0.2, 0.25) is 11.8 Å². The van der Waals surface area contributed by atoms with Crippen molar-refractivity contribution in [2.24, 2.45) is 11.7 Å². The summed E-state index contributed by atoms with van der Waals surface area (Å²) in [5, 5.41) is 22.6. The van der Waals surface area contributed by atoms with Gasteiger partial charge in [-0.3, -0.25) is 14.4 Å². The summed E-state index contributed by atoms with van der Waals surface area (Å²) in [6, 6.07) is 17.5. The molecule has 0 saturated heterocycles. The van der Waals surface area contributed by atoms with Crippen molar-refractivity contribution in [1.29, 1.82) is 0 Å². The largest absolute Gasteiger partial charge is 0.449 e. The van der Waals surface area contributed by atoms with Gasteiger partial charge in [-0.1, -0.05) is 68.4 Å².